The molecule has 2 aromatic rings. The molecule has 0 aliphatic heterocycles. The van der Waals surface area contributed by atoms with Crippen molar-refractivity contribution in [2.75, 3.05) is 5.32 Å². The van der Waals surface area contributed by atoms with Crippen molar-refractivity contribution in [3.63, 3.8) is 0 Å². The minimum Gasteiger partial charge on any atom is -0.307 e. The zero-order valence-electron chi connectivity index (χ0n) is 8.64. The molecule has 0 unspecified atom stereocenters. The van der Waals surface area contributed by atoms with Gasteiger partial charge >= 0.3 is 6.03 Å². The normalized spacial score (nSPS) is 10.1. The van der Waals surface area contributed by atoms with Crippen molar-refractivity contribution in [3.05, 3.63) is 47.5 Å². The molecule has 0 aliphatic rings. The topological polar surface area (TPSA) is 46.9 Å². The Morgan fingerprint density at radius 1 is 1.50 bits per heavy atom. The van der Waals surface area contributed by atoms with Crippen LogP contribution < -0.4 is 5.32 Å². The second-order valence-electron chi connectivity index (χ2n) is 3.36. The van der Waals surface area contributed by atoms with Crippen LogP contribution in [0.25, 0.3) is 0 Å². The molecule has 0 radical (unpaired) electrons. The Balaban J connectivity index is 2.21. The number of amides is 1. The van der Waals surface area contributed by atoms with Crippen LogP contribution >= 0.6 is 11.6 Å². The van der Waals surface area contributed by atoms with Crippen LogP contribution in [0.4, 0.5) is 10.5 Å². The Kier molecular flexibility index (Phi) is 2.92. The summed E-state index contributed by atoms with van der Waals surface area (Å²) in [6.45, 7) is 1.90. The molecular formula is C11H10ClN3O. The van der Waals surface area contributed by atoms with E-state index in [4.69, 9.17) is 11.6 Å². The molecular weight excluding hydrogens is 226 g/mol. The number of rotatable bonds is 1. The summed E-state index contributed by atoms with van der Waals surface area (Å²) >= 11 is 5.85. The third kappa shape index (κ3) is 2.23. The molecule has 0 saturated carbocycles. The first-order valence-electron chi connectivity index (χ1n) is 4.72. The van der Waals surface area contributed by atoms with Gasteiger partial charge in [0.25, 0.3) is 0 Å². The summed E-state index contributed by atoms with van der Waals surface area (Å²) in [5.41, 5.74) is 1.66. The number of aromatic nitrogens is 2. The highest BCUT2D eigenvalue weighted by Gasteiger charge is 2.06. The summed E-state index contributed by atoms with van der Waals surface area (Å²) in [6, 6.07) is 5.09. The predicted molar refractivity (Wildman–Crippen MR) is 62.8 cm³/mol. The van der Waals surface area contributed by atoms with Crippen LogP contribution in [0.1, 0.15) is 5.56 Å². The molecule has 1 aromatic carbocycles. The van der Waals surface area contributed by atoms with Crippen molar-refractivity contribution in [2.45, 2.75) is 6.92 Å². The van der Waals surface area contributed by atoms with Gasteiger partial charge in [-0.25, -0.2) is 9.78 Å². The molecule has 1 N–H and O–H groups in total. The Morgan fingerprint density at radius 3 is 3.00 bits per heavy atom. The first-order chi connectivity index (χ1) is 7.66. The van der Waals surface area contributed by atoms with Gasteiger partial charge in [-0.1, -0.05) is 17.7 Å². The summed E-state index contributed by atoms with van der Waals surface area (Å²) in [6.07, 6.45) is 4.56. The highest BCUT2D eigenvalue weighted by molar-refractivity contribution is 6.31. The Morgan fingerprint density at radius 2 is 2.31 bits per heavy atom. The van der Waals surface area contributed by atoms with E-state index in [1.54, 1.807) is 24.5 Å². The van der Waals surface area contributed by atoms with E-state index in [0.717, 1.165) is 5.56 Å². The minimum absolute atomic E-state index is 0.261. The smallest absolute Gasteiger partial charge is 0.307 e. The van der Waals surface area contributed by atoms with Crippen molar-refractivity contribution < 1.29 is 4.79 Å². The first kappa shape index (κ1) is 10.7. The highest BCUT2D eigenvalue weighted by atomic mass is 35.5. The molecule has 1 aromatic heterocycles. The number of halogens is 1. The third-order valence-electron chi connectivity index (χ3n) is 2.18. The fourth-order valence-electron chi connectivity index (χ4n) is 1.29. The van der Waals surface area contributed by atoms with Crippen LogP contribution in [0.2, 0.25) is 5.02 Å². The van der Waals surface area contributed by atoms with Gasteiger partial charge in [0.2, 0.25) is 0 Å². The van der Waals surface area contributed by atoms with Crippen molar-refractivity contribution in [2.24, 2.45) is 0 Å². The average Bonchev–Trinajstić information content (AvgIpc) is 2.76. The maximum absolute atomic E-state index is 11.7. The van der Waals surface area contributed by atoms with Crippen LogP contribution in [0.3, 0.4) is 0 Å². The monoisotopic (exact) mass is 235 g/mol. The maximum atomic E-state index is 11.7. The lowest BCUT2D eigenvalue weighted by molar-refractivity contribution is 0.253. The molecule has 0 bridgehead atoms. The van der Waals surface area contributed by atoms with Gasteiger partial charge in [-0.05, 0) is 24.6 Å². The molecule has 16 heavy (non-hydrogen) atoms. The Bertz CT molecular complexity index is 508. The summed E-state index contributed by atoms with van der Waals surface area (Å²) in [5, 5.41) is 3.34. The van der Waals surface area contributed by atoms with Crippen LogP contribution in [0, 0.1) is 6.92 Å². The van der Waals surface area contributed by atoms with Crippen molar-refractivity contribution in [1.29, 1.82) is 0 Å². The molecule has 0 fully saturated rings. The van der Waals surface area contributed by atoms with E-state index in [-0.39, 0.29) is 6.03 Å². The lowest BCUT2D eigenvalue weighted by atomic mass is 10.2. The molecule has 0 saturated heterocycles. The highest BCUT2D eigenvalue weighted by Crippen LogP contribution is 2.20. The van der Waals surface area contributed by atoms with Gasteiger partial charge in [-0.2, -0.15) is 0 Å². The standard InChI is InChI=1S/C11H10ClN3O/c1-8-2-3-9(12)6-10(8)14-11(16)15-5-4-13-7-15/h2-7H,1H3,(H,14,16). The second-order valence-corrected chi connectivity index (χ2v) is 3.80. The average molecular weight is 236 g/mol. The zero-order chi connectivity index (χ0) is 11.5. The number of anilines is 1. The van der Waals surface area contributed by atoms with E-state index >= 15 is 0 Å². The quantitative estimate of drug-likeness (QED) is 0.826. The van der Waals surface area contributed by atoms with Crippen LogP contribution in [-0.2, 0) is 0 Å². The molecule has 1 heterocycles. The van der Waals surface area contributed by atoms with Crippen molar-refractivity contribution in [3.8, 4) is 0 Å². The van der Waals surface area contributed by atoms with Crippen molar-refractivity contribution in [1.82, 2.24) is 9.55 Å². The van der Waals surface area contributed by atoms with Gasteiger partial charge in [-0.3, -0.25) is 4.57 Å². The lowest BCUT2D eigenvalue weighted by Crippen LogP contribution is -2.18. The fourth-order valence-corrected chi connectivity index (χ4v) is 1.46. The molecule has 5 heteroatoms. The van der Waals surface area contributed by atoms with E-state index in [1.807, 2.05) is 13.0 Å². The Hall–Kier alpha value is -1.81. The van der Waals surface area contributed by atoms with Crippen molar-refractivity contribution >= 4 is 23.3 Å². The zero-order valence-corrected chi connectivity index (χ0v) is 9.40. The van der Waals surface area contributed by atoms with Crippen LogP contribution in [0.15, 0.2) is 36.9 Å². The number of aryl methyl sites for hydroxylation is 1. The molecule has 0 atom stereocenters. The number of carbonyl (C=O) groups excluding carboxylic acids is 1. The van der Waals surface area contributed by atoms with E-state index in [1.165, 1.54) is 10.9 Å². The Labute approximate surface area is 97.9 Å². The van der Waals surface area contributed by atoms with Gasteiger partial charge in [0.15, 0.2) is 0 Å². The summed E-state index contributed by atoms with van der Waals surface area (Å²) in [5.74, 6) is 0. The maximum Gasteiger partial charge on any atom is 0.331 e. The van der Waals surface area contributed by atoms with Gasteiger partial charge in [0, 0.05) is 23.1 Å². The largest absolute Gasteiger partial charge is 0.331 e. The summed E-state index contributed by atoms with van der Waals surface area (Å²) in [7, 11) is 0. The minimum atomic E-state index is -0.261. The van der Waals surface area contributed by atoms with Gasteiger partial charge in [-0.15, -0.1) is 0 Å². The van der Waals surface area contributed by atoms with E-state index in [9.17, 15) is 4.79 Å². The number of nitrogens with one attached hydrogen (secondary N) is 1. The number of hydrogen-bond acceptors (Lipinski definition) is 2. The summed E-state index contributed by atoms with van der Waals surface area (Å²) in [4.78, 5) is 15.5. The molecule has 1 amide bonds. The molecule has 2 rings (SSSR count). The third-order valence-corrected chi connectivity index (χ3v) is 2.42. The van der Waals surface area contributed by atoms with Gasteiger partial charge in [0.1, 0.15) is 6.33 Å². The number of hydrogen-bond donors (Lipinski definition) is 1. The number of carbonyl (C=O) groups is 1. The lowest BCUT2D eigenvalue weighted by Gasteiger charge is -2.08. The van der Waals surface area contributed by atoms with Gasteiger partial charge in [0.05, 0.1) is 0 Å². The first-order valence-corrected chi connectivity index (χ1v) is 5.10. The summed E-state index contributed by atoms with van der Waals surface area (Å²) < 4.78 is 1.36. The molecule has 0 spiro atoms. The predicted octanol–water partition coefficient (Wildman–Crippen LogP) is 2.93. The van der Waals surface area contributed by atoms with E-state index < -0.39 is 0 Å². The van der Waals surface area contributed by atoms with E-state index in [2.05, 4.69) is 10.3 Å². The van der Waals surface area contributed by atoms with Crippen LogP contribution in [0.5, 0.6) is 0 Å². The number of benzene rings is 1. The van der Waals surface area contributed by atoms with Gasteiger partial charge < -0.3 is 5.32 Å². The molecule has 82 valence electrons. The number of imidazole rings is 1. The molecule has 4 nitrogen and oxygen atoms in total. The second kappa shape index (κ2) is 4.37. The van der Waals surface area contributed by atoms with Crippen LogP contribution in [-0.4, -0.2) is 15.6 Å². The number of nitrogens with zero attached hydrogens (tertiary/aromatic N) is 2. The SMILES string of the molecule is Cc1ccc(Cl)cc1NC(=O)n1ccnc1. The fraction of sp³-hybridized carbons (Fsp3) is 0.0909. The molecule has 0 aliphatic carbocycles. The van der Waals surface area contributed by atoms with E-state index in [0.29, 0.717) is 10.7 Å².